The molecule has 1 atom stereocenters. The maximum Gasteiger partial charge on any atom is 0.185 e. The lowest BCUT2D eigenvalue weighted by molar-refractivity contribution is 0.226. The van der Waals surface area contributed by atoms with Crippen LogP contribution in [-0.2, 0) is 6.54 Å². The lowest BCUT2D eigenvalue weighted by atomic mass is 10.2. The number of nitrogens with one attached hydrogen (secondary N) is 1. The van der Waals surface area contributed by atoms with Gasteiger partial charge in [-0.3, -0.25) is 0 Å². The molecule has 0 aliphatic rings. The Kier molecular flexibility index (Phi) is 5.58. The molecule has 6 heteroatoms. The molecule has 0 aliphatic heterocycles. The Bertz CT molecular complexity index is 494. The van der Waals surface area contributed by atoms with E-state index in [4.69, 9.17) is 4.42 Å². The quantitative estimate of drug-likeness (QED) is 0.783. The molecule has 0 aromatic carbocycles. The van der Waals surface area contributed by atoms with Gasteiger partial charge in [-0.05, 0) is 26.0 Å². The average Bonchev–Trinajstić information content (AvgIpc) is 3.13. The van der Waals surface area contributed by atoms with Crippen molar-refractivity contribution in [2.45, 2.75) is 26.4 Å². The van der Waals surface area contributed by atoms with Crippen LogP contribution in [0.2, 0.25) is 0 Å². The summed E-state index contributed by atoms with van der Waals surface area (Å²) >= 11 is 1.68. The number of hydrogen-bond donors (Lipinski definition) is 2. The number of thiazole rings is 1. The van der Waals surface area contributed by atoms with E-state index in [-0.39, 0.29) is 12.6 Å². The predicted molar refractivity (Wildman–Crippen MR) is 81.0 cm³/mol. The second-order valence-electron chi connectivity index (χ2n) is 4.41. The topological polar surface area (TPSA) is 61.5 Å². The van der Waals surface area contributed by atoms with E-state index in [0.29, 0.717) is 6.54 Å². The predicted octanol–water partition coefficient (Wildman–Crippen LogP) is 2.41. The van der Waals surface area contributed by atoms with Gasteiger partial charge in [-0.2, -0.15) is 0 Å². The molecule has 2 N–H and O–H groups in total. The molecule has 1 unspecified atom stereocenters. The first kappa shape index (κ1) is 15.0. The zero-order chi connectivity index (χ0) is 14.4. The van der Waals surface area contributed by atoms with Crippen molar-refractivity contribution in [2.24, 2.45) is 0 Å². The van der Waals surface area contributed by atoms with Crippen LogP contribution in [0, 0.1) is 0 Å². The third-order valence-electron chi connectivity index (χ3n) is 3.17. The van der Waals surface area contributed by atoms with Gasteiger partial charge in [0.15, 0.2) is 5.13 Å². The van der Waals surface area contributed by atoms with Crippen molar-refractivity contribution in [3.63, 3.8) is 0 Å². The van der Waals surface area contributed by atoms with Gasteiger partial charge in [0.05, 0.1) is 18.9 Å². The summed E-state index contributed by atoms with van der Waals surface area (Å²) in [6.07, 6.45) is 3.51. The number of nitrogens with zero attached hydrogens (tertiary/aromatic N) is 2. The molecule has 110 valence electrons. The van der Waals surface area contributed by atoms with Gasteiger partial charge < -0.3 is 19.7 Å². The van der Waals surface area contributed by atoms with Crippen molar-refractivity contribution in [3.8, 4) is 0 Å². The van der Waals surface area contributed by atoms with Crippen molar-refractivity contribution in [2.75, 3.05) is 24.6 Å². The molecule has 0 saturated carbocycles. The second-order valence-corrected chi connectivity index (χ2v) is 5.51. The van der Waals surface area contributed by atoms with Gasteiger partial charge in [0.25, 0.3) is 0 Å². The fourth-order valence-electron chi connectivity index (χ4n) is 1.99. The fourth-order valence-corrected chi connectivity index (χ4v) is 2.98. The minimum absolute atomic E-state index is 0.00915. The van der Waals surface area contributed by atoms with E-state index in [2.05, 4.69) is 29.0 Å². The molecule has 0 aliphatic carbocycles. The number of furan rings is 1. The molecule has 2 rings (SSSR count). The van der Waals surface area contributed by atoms with Crippen LogP contribution in [0.25, 0.3) is 0 Å². The Balaban J connectivity index is 1.93. The molecule has 0 bridgehead atoms. The molecule has 0 fully saturated rings. The molecule has 0 amide bonds. The van der Waals surface area contributed by atoms with Gasteiger partial charge in [0, 0.05) is 30.7 Å². The number of aliphatic hydroxyl groups excluding tert-OH is 1. The van der Waals surface area contributed by atoms with Crippen LogP contribution in [0.5, 0.6) is 0 Å². The smallest absolute Gasteiger partial charge is 0.185 e. The van der Waals surface area contributed by atoms with E-state index in [1.807, 2.05) is 18.3 Å². The third-order valence-corrected chi connectivity index (χ3v) is 4.23. The lowest BCUT2D eigenvalue weighted by Gasteiger charge is -2.16. The molecule has 0 radical (unpaired) electrons. The summed E-state index contributed by atoms with van der Waals surface area (Å²) in [5.74, 6) is 0.751. The maximum absolute atomic E-state index is 9.40. The lowest BCUT2D eigenvalue weighted by Crippen LogP contribution is -2.23. The molecular formula is C14H21N3O2S. The molecule has 20 heavy (non-hydrogen) atoms. The molecule has 2 aromatic rings. The van der Waals surface area contributed by atoms with Crippen LogP contribution in [0.3, 0.4) is 0 Å². The summed E-state index contributed by atoms with van der Waals surface area (Å²) in [6, 6.07) is 3.51. The van der Waals surface area contributed by atoms with Crippen molar-refractivity contribution in [1.29, 1.82) is 0 Å². The van der Waals surface area contributed by atoms with Gasteiger partial charge >= 0.3 is 0 Å². The minimum atomic E-state index is -0.177. The Hall–Kier alpha value is -1.37. The van der Waals surface area contributed by atoms with E-state index >= 15 is 0 Å². The fraction of sp³-hybridized carbons (Fsp3) is 0.500. The van der Waals surface area contributed by atoms with E-state index in [0.717, 1.165) is 28.9 Å². The van der Waals surface area contributed by atoms with Crippen molar-refractivity contribution < 1.29 is 9.52 Å². The maximum atomic E-state index is 9.40. The highest BCUT2D eigenvalue weighted by Gasteiger charge is 2.14. The van der Waals surface area contributed by atoms with Crippen LogP contribution in [0.4, 0.5) is 5.13 Å². The summed E-state index contributed by atoms with van der Waals surface area (Å²) in [7, 11) is 0. The summed E-state index contributed by atoms with van der Waals surface area (Å²) in [6.45, 7) is 6.86. The van der Waals surface area contributed by atoms with Crippen LogP contribution >= 0.6 is 11.3 Å². The largest absolute Gasteiger partial charge is 0.468 e. The first-order chi connectivity index (χ1) is 9.78. The molecule has 0 spiro atoms. The zero-order valence-corrected chi connectivity index (χ0v) is 12.7. The number of aromatic nitrogens is 1. The molecule has 5 nitrogen and oxygen atoms in total. The van der Waals surface area contributed by atoms with Crippen LogP contribution in [0.15, 0.2) is 29.0 Å². The monoisotopic (exact) mass is 295 g/mol. The Morgan fingerprint density at radius 3 is 2.85 bits per heavy atom. The first-order valence-electron chi connectivity index (χ1n) is 6.85. The van der Waals surface area contributed by atoms with Gasteiger partial charge in [0.2, 0.25) is 0 Å². The first-order valence-corrected chi connectivity index (χ1v) is 7.67. The Morgan fingerprint density at radius 2 is 2.25 bits per heavy atom. The van der Waals surface area contributed by atoms with Gasteiger partial charge in [0.1, 0.15) is 5.76 Å². The van der Waals surface area contributed by atoms with Gasteiger partial charge in [-0.1, -0.05) is 0 Å². The van der Waals surface area contributed by atoms with Crippen LogP contribution < -0.4 is 10.2 Å². The van der Waals surface area contributed by atoms with E-state index in [1.165, 1.54) is 0 Å². The van der Waals surface area contributed by atoms with E-state index in [1.54, 1.807) is 17.6 Å². The molecule has 2 heterocycles. The third kappa shape index (κ3) is 3.59. The Labute approximate surface area is 123 Å². The normalized spacial score (nSPS) is 12.6. The second kappa shape index (κ2) is 7.42. The van der Waals surface area contributed by atoms with Crippen LogP contribution in [-0.4, -0.2) is 29.8 Å². The average molecular weight is 295 g/mol. The van der Waals surface area contributed by atoms with Crippen LogP contribution in [0.1, 0.15) is 30.5 Å². The highest BCUT2D eigenvalue weighted by atomic mass is 32.1. The molecule has 2 aromatic heterocycles. The van der Waals surface area contributed by atoms with Crippen molar-refractivity contribution >= 4 is 16.5 Å². The van der Waals surface area contributed by atoms with Crippen molar-refractivity contribution in [3.05, 3.63) is 35.2 Å². The SMILES string of the molecule is CCN(CC)c1ncc(CNC(CO)c2ccco2)s1. The van der Waals surface area contributed by atoms with E-state index in [9.17, 15) is 5.11 Å². The summed E-state index contributed by atoms with van der Waals surface area (Å²) < 4.78 is 5.31. The number of aliphatic hydroxyl groups is 1. The highest BCUT2D eigenvalue weighted by molar-refractivity contribution is 7.15. The summed E-state index contributed by atoms with van der Waals surface area (Å²) in [5, 5.41) is 13.7. The summed E-state index contributed by atoms with van der Waals surface area (Å²) in [4.78, 5) is 7.82. The number of anilines is 1. The molecule has 0 saturated heterocycles. The van der Waals surface area contributed by atoms with Gasteiger partial charge in [-0.15, -0.1) is 11.3 Å². The highest BCUT2D eigenvalue weighted by Crippen LogP contribution is 2.23. The number of rotatable bonds is 8. The number of hydrogen-bond acceptors (Lipinski definition) is 6. The molecular weight excluding hydrogens is 274 g/mol. The zero-order valence-electron chi connectivity index (χ0n) is 11.9. The van der Waals surface area contributed by atoms with Gasteiger partial charge in [-0.25, -0.2) is 4.98 Å². The van der Waals surface area contributed by atoms with Crippen molar-refractivity contribution in [1.82, 2.24) is 10.3 Å². The Morgan fingerprint density at radius 1 is 1.45 bits per heavy atom. The minimum Gasteiger partial charge on any atom is -0.468 e. The standard InChI is InChI=1S/C14H21N3O2S/c1-3-17(4-2)14-16-9-11(20-14)8-15-12(10-18)13-6-5-7-19-13/h5-7,9,12,15,18H,3-4,8,10H2,1-2H3. The van der Waals surface area contributed by atoms with E-state index < -0.39 is 0 Å². The summed E-state index contributed by atoms with van der Waals surface area (Å²) in [5.41, 5.74) is 0.